The van der Waals surface area contributed by atoms with E-state index in [4.69, 9.17) is 11.2 Å². The molecule has 0 amide bonds. The number of terminal acetylenes is 1. The zero-order chi connectivity index (χ0) is 14.4. The molecule has 1 N–H and O–H groups in total. The fourth-order valence-corrected chi connectivity index (χ4v) is 2.46. The number of nitrogens with one attached hydrogen (secondary N) is 1. The van der Waals surface area contributed by atoms with Crippen LogP contribution in [0.2, 0.25) is 0 Å². The maximum absolute atomic E-state index is 13.8. The number of anilines is 1. The van der Waals surface area contributed by atoms with Gasteiger partial charge in [0, 0.05) is 30.9 Å². The summed E-state index contributed by atoms with van der Waals surface area (Å²) in [5.74, 6) is 2.66. The molecule has 3 nitrogen and oxygen atoms in total. The lowest BCUT2D eigenvalue weighted by molar-refractivity contribution is 0.243. The zero-order valence-electron chi connectivity index (χ0n) is 11.9. The molecule has 1 fully saturated rings. The monoisotopic (exact) mass is 276 g/mol. The van der Waals surface area contributed by atoms with Gasteiger partial charge in [-0.05, 0) is 31.9 Å². The maximum Gasteiger partial charge on any atom is 0.167 e. The zero-order valence-corrected chi connectivity index (χ0v) is 11.9. The summed E-state index contributed by atoms with van der Waals surface area (Å²) in [6.45, 7) is 5.00. The van der Waals surface area contributed by atoms with Crippen molar-refractivity contribution in [3.63, 3.8) is 0 Å². The van der Waals surface area contributed by atoms with Crippen molar-refractivity contribution in [2.75, 3.05) is 31.6 Å². The van der Waals surface area contributed by atoms with Crippen molar-refractivity contribution in [1.29, 1.82) is 0 Å². The summed E-state index contributed by atoms with van der Waals surface area (Å²) in [7, 11) is 0. The van der Waals surface area contributed by atoms with Crippen LogP contribution in [0, 0.1) is 18.2 Å². The number of benzene rings is 1. The molecule has 2 rings (SSSR count). The molecule has 20 heavy (non-hydrogen) atoms. The Bertz CT molecular complexity index is 476. The maximum atomic E-state index is 13.8. The van der Waals surface area contributed by atoms with Gasteiger partial charge in [-0.25, -0.2) is 4.39 Å². The minimum Gasteiger partial charge on any atom is -0.491 e. The van der Waals surface area contributed by atoms with Crippen LogP contribution in [-0.2, 0) is 0 Å². The van der Waals surface area contributed by atoms with Crippen molar-refractivity contribution in [3.05, 3.63) is 24.0 Å². The first-order valence-electron chi connectivity index (χ1n) is 7.07. The van der Waals surface area contributed by atoms with Crippen molar-refractivity contribution in [3.8, 4) is 18.1 Å². The van der Waals surface area contributed by atoms with E-state index < -0.39 is 0 Å². The van der Waals surface area contributed by atoms with E-state index in [1.54, 1.807) is 6.07 Å². The predicted octanol–water partition coefficient (Wildman–Crippen LogP) is 2.73. The highest BCUT2D eigenvalue weighted by molar-refractivity contribution is 5.48. The lowest BCUT2D eigenvalue weighted by Gasteiger charge is -2.31. The molecule has 1 heterocycles. The molecule has 1 aliphatic heterocycles. The standard InChI is InChI=1S/C16H21FN2O/c1-3-9-19-10-7-13(8-11-19)18-14-5-6-16(20-4-2)15(17)12-14/h1,5-6,12-13,18H,4,7-11H2,2H3. The molecular weight excluding hydrogens is 255 g/mol. The van der Waals surface area contributed by atoms with Gasteiger partial charge < -0.3 is 10.1 Å². The summed E-state index contributed by atoms with van der Waals surface area (Å²) >= 11 is 0. The molecule has 0 aromatic heterocycles. The highest BCUT2D eigenvalue weighted by Gasteiger charge is 2.18. The van der Waals surface area contributed by atoms with Gasteiger partial charge in [-0.15, -0.1) is 6.42 Å². The van der Waals surface area contributed by atoms with E-state index >= 15 is 0 Å². The van der Waals surface area contributed by atoms with E-state index in [9.17, 15) is 4.39 Å². The smallest absolute Gasteiger partial charge is 0.167 e. The molecule has 0 aliphatic carbocycles. The van der Waals surface area contributed by atoms with E-state index in [0.29, 0.717) is 24.9 Å². The second-order valence-electron chi connectivity index (χ2n) is 4.98. The fourth-order valence-electron chi connectivity index (χ4n) is 2.46. The van der Waals surface area contributed by atoms with Crippen molar-refractivity contribution in [1.82, 2.24) is 4.90 Å². The number of halogens is 1. The minimum absolute atomic E-state index is 0.307. The van der Waals surface area contributed by atoms with E-state index in [0.717, 1.165) is 31.6 Å². The predicted molar refractivity (Wildman–Crippen MR) is 79.5 cm³/mol. The van der Waals surface area contributed by atoms with Gasteiger partial charge in [0.05, 0.1) is 13.2 Å². The summed E-state index contributed by atoms with van der Waals surface area (Å²) < 4.78 is 19.0. The molecular formula is C16H21FN2O. The van der Waals surface area contributed by atoms with E-state index in [1.807, 2.05) is 13.0 Å². The first-order chi connectivity index (χ1) is 9.72. The van der Waals surface area contributed by atoms with Gasteiger partial charge in [-0.2, -0.15) is 0 Å². The van der Waals surface area contributed by atoms with Gasteiger partial charge in [0.2, 0.25) is 0 Å². The number of hydrogen-bond donors (Lipinski definition) is 1. The molecule has 4 heteroatoms. The molecule has 0 radical (unpaired) electrons. The Kier molecular flexibility index (Phi) is 5.25. The van der Waals surface area contributed by atoms with Crippen LogP contribution in [-0.4, -0.2) is 37.2 Å². The van der Waals surface area contributed by atoms with Gasteiger partial charge >= 0.3 is 0 Å². The SMILES string of the molecule is C#CCN1CCC(Nc2ccc(OCC)c(F)c2)CC1. The number of hydrogen-bond acceptors (Lipinski definition) is 3. The van der Waals surface area contributed by atoms with Gasteiger partial charge in [0.1, 0.15) is 0 Å². The molecule has 0 unspecified atom stereocenters. The minimum atomic E-state index is -0.318. The number of piperidine rings is 1. The largest absolute Gasteiger partial charge is 0.491 e. The van der Waals surface area contributed by atoms with Gasteiger partial charge in [0.15, 0.2) is 11.6 Å². The Balaban J connectivity index is 1.88. The molecule has 0 saturated carbocycles. The average Bonchev–Trinajstić information content (AvgIpc) is 2.44. The third kappa shape index (κ3) is 3.88. The molecule has 0 spiro atoms. The van der Waals surface area contributed by atoms with Crippen molar-refractivity contribution in [2.24, 2.45) is 0 Å². The second kappa shape index (κ2) is 7.16. The lowest BCUT2D eigenvalue weighted by Crippen LogP contribution is -2.39. The quantitative estimate of drug-likeness (QED) is 0.837. The summed E-state index contributed by atoms with van der Waals surface area (Å²) in [6, 6.07) is 5.41. The number of rotatable bonds is 5. The van der Waals surface area contributed by atoms with Crippen LogP contribution >= 0.6 is 0 Å². The van der Waals surface area contributed by atoms with Crippen molar-refractivity contribution < 1.29 is 9.13 Å². The van der Waals surface area contributed by atoms with Crippen molar-refractivity contribution in [2.45, 2.75) is 25.8 Å². The summed E-state index contributed by atoms with van der Waals surface area (Å²) in [5, 5.41) is 3.38. The highest BCUT2D eigenvalue weighted by atomic mass is 19.1. The first kappa shape index (κ1) is 14.7. The van der Waals surface area contributed by atoms with E-state index in [-0.39, 0.29) is 5.82 Å². The third-order valence-corrected chi connectivity index (χ3v) is 3.50. The van der Waals surface area contributed by atoms with Crippen LogP contribution in [0.4, 0.5) is 10.1 Å². The Morgan fingerprint density at radius 2 is 2.20 bits per heavy atom. The Hall–Kier alpha value is -1.73. The number of nitrogens with zero attached hydrogens (tertiary/aromatic N) is 1. The fraction of sp³-hybridized carbons (Fsp3) is 0.500. The van der Waals surface area contributed by atoms with Crippen LogP contribution in [0.25, 0.3) is 0 Å². The molecule has 1 aromatic carbocycles. The number of ether oxygens (including phenoxy) is 1. The normalized spacial score (nSPS) is 16.6. The number of likely N-dealkylation sites (tertiary alicyclic amines) is 1. The van der Waals surface area contributed by atoms with Gasteiger partial charge in [0.25, 0.3) is 0 Å². The van der Waals surface area contributed by atoms with Crippen LogP contribution < -0.4 is 10.1 Å². The molecule has 1 aromatic rings. The first-order valence-corrected chi connectivity index (χ1v) is 7.07. The molecule has 1 saturated heterocycles. The van der Waals surface area contributed by atoms with E-state index in [2.05, 4.69) is 16.1 Å². The summed E-state index contributed by atoms with van der Waals surface area (Å²) in [6.07, 6.45) is 7.36. The lowest BCUT2D eigenvalue weighted by atomic mass is 10.0. The third-order valence-electron chi connectivity index (χ3n) is 3.50. The molecule has 0 bridgehead atoms. The van der Waals surface area contributed by atoms with Gasteiger partial charge in [-0.3, -0.25) is 4.90 Å². The molecule has 0 atom stereocenters. The second-order valence-corrected chi connectivity index (χ2v) is 4.98. The highest BCUT2D eigenvalue weighted by Crippen LogP contribution is 2.23. The summed E-state index contributed by atoms with van der Waals surface area (Å²) in [4.78, 5) is 2.26. The topological polar surface area (TPSA) is 24.5 Å². The Morgan fingerprint density at radius 3 is 2.80 bits per heavy atom. The van der Waals surface area contributed by atoms with Gasteiger partial charge in [-0.1, -0.05) is 5.92 Å². The average molecular weight is 276 g/mol. The Labute approximate surface area is 120 Å². The van der Waals surface area contributed by atoms with Crippen LogP contribution in [0.5, 0.6) is 5.75 Å². The van der Waals surface area contributed by atoms with Crippen LogP contribution in [0.15, 0.2) is 18.2 Å². The van der Waals surface area contributed by atoms with E-state index in [1.165, 1.54) is 6.07 Å². The van der Waals surface area contributed by atoms with Crippen molar-refractivity contribution >= 4 is 5.69 Å². The molecule has 108 valence electrons. The Morgan fingerprint density at radius 1 is 1.45 bits per heavy atom. The van der Waals surface area contributed by atoms with Crippen LogP contribution in [0.3, 0.4) is 0 Å². The van der Waals surface area contributed by atoms with Crippen LogP contribution in [0.1, 0.15) is 19.8 Å². The molecule has 1 aliphatic rings. The summed E-state index contributed by atoms with van der Waals surface area (Å²) in [5.41, 5.74) is 0.807.